The predicted molar refractivity (Wildman–Crippen MR) is 107 cm³/mol. The third-order valence-electron chi connectivity index (χ3n) is 6.42. The van der Waals surface area contributed by atoms with Gasteiger partial charge in [-0.25, -0.2) is 0 Å². The van der Waals surface area contributed by atoms with Crippen molar-refractivity contribution < 1.29 is 14.3 Å². The Kier molecular flexibility index (Phi) is 5.04. The van der Waals surface area contributed by atoms with Gasteiger partial charge in [0.1, 0.15) is 5.75 Å². The predicted octanol–water partition coefficient (Wildman–Crippen LogP) is 2.36. The second-order valence-electron chi connectivity index (χ2n) is 8.92. The van der Waals surface area contributed by atoms with Crippen LogP contribution in [0.25, 0.3) is 0 Å². The van der Waals surface area contributed by atoms with Crippen molar-refractivity contribution >= 4 is 23.4 Å². The first-order chi connectivity index (χ1) is 13.3. The SMILES string of the molecule is C[C@H](C1CC1)N(C)CC(=O)NC12CC(NC(=O)COc3ccc(Cl)cc3)(C1)C2. The summed E-state index contributed by atoms with van der Waals surface area (Å²) in [5.41, 5.74) is -0.286. The number of halogens is 1. The van der Waals surface area contributed by atoms with Crippen LogP contribution in [0.5, 0.6) is 5.75 Å². The Labute approximate surface area is 170 Å². The highest BCUT2D eigenvalue weighted by Crippen LogP contribution is 2.60. The van der Waals surface area contributed by atoms with Crippen LogP contribution in [0, 0.1) is 5.92 Å². The molecule has 6 nitrogen and oxygen atoms in total. The molecule has 0 unspecified atom stereocenters. The first-order valence-corrected chi connectivity index (χ1v) is 10.4. The molecule has 4 fully saturated rings. The van der Waals surface area contributed by atoms with Gasteiger partial charge < -0.3 is 15.4 Å². The van der Waals surface area contributed by atoms with Gasteiger partial charge in [-0.15, -0.1) is 0 Å². The lowest BCUT2D eigenvalue weighted by Crippen LogP contribution is -2.84. The lowest BCUT2D eigenvalue weighted by atomic mass is 9.44. The maximum Gasteiger partial charge on any atom is 0.258 e. The minimum Gasteiger partial charge on any atom is -0.484 e. The van der Waals surface area contributed by atoms with E-state index in [9.17, 15) is 9.59 Å². The van der Waals surface area contributed by atoms with E-state index < -0.39 is 0 Å². The van der Waals surface area contributed by atoms with Crippen LogP contribution < -0.4 is 15.4 Å². The van der Waals surface area contributed by atoms with Gasteiger partial charge in [0.15, 0.2) is 6.61 Å². The van der Waals surface area contributed by atoms with Gasteiger partial charge in [-0.2, -0.15) is 0 Å². The fourth-order valence-corrected chi connectivity index (χ4v) is 4.83. The molecule has 0 heterocycles. The Morgan fingerprint density at radius 2 is 1.71 bits per heavy atom. The number of nitrogens with zero attached hydrogens (tertiary/aromatic N) is 1. The molecule has 1 atom stereocenters. The normalized spacial score (nSPS) is 28.7. The highest BCUT2D eigenvalue weighted by Gasteiger charge is 2.69. The molecule has 4 aliphatic rings. The molecule has 0 aliphatic heterocycles. The zero-order valence-electron chi connectivity index (χ0n) is 16.5. The Bertz CT molecular complexity index is 743. The Hall–Kier alpha value is -1.79. The fraction of sp³-hybridized carbons (Fsp3) is 0.619. The number of carbonyl (C=O) groups is 2. The average molecular weight is 406 g/mol. The van der Waals surface area contributed by atoms with E-state index in [2.05, 4.69) is 22.5 Å². The number of rotatable bonds is 9. The third-order valence-corrected chi connectivity index (χ3v) is 6.67. The summed E-state index contributed by atoms with van der Waals surface area (Å²) in [6, 6.07) is 7.39. The Balaban J connectivity index is 1.16. The van der Waals surface area contributed by atoms with Gasteiger partial charge in [0.05, 0.1) is 6.54 Å². The molecule has 4 aliphatic carbocycles. The molecule has 2 amide bonds. The average Bonchev–Trinajstić information content (AvgIpc) is 3.42. The van der Waals surface area contributed by atoms with Crippen LogP contribution in [0.15, 0.2) is 24.3 Å². The summed E-state index contributed by atoms with van der Waals surface area (Å²) < 4.78 is 5.49. The highest BCUT2D eigenvalue weighted by molar-refractivity contribution is 6.30. The number of likely N-dealkylation sites (N-methyl/N-ethyl adjacent to an activating group) is 1. The molecule has 0 spiro atoms. The van der Waals surface area contributed by atoms with Crippen molar-refractivity contribution in [1.82, 2.24) is 15.5 Å². The minimum atomic E-state index is -0.166. The van der Waals surface area contributed by atoms with Gasteiger partial charge in [-0.05, 0) is 76.3 Å². The third kappa shape index (κ3) is 4.13. The topological polar surface area (TPSA) is 70.7 Å². The molecule has 2 N–H and O–H groups in total. The maximum atomic E-state index is 12.4. The quantitative estimate of drug-likeness (QED) is 0.661. The smallest absolute Gasteiger partial charge is 0.258 e. The van der Waals surface area contributed by atoms with Crippen molar-refractivity contribution in [1.29, 1.82) is 0 Å². The van der Waals surface area contributed by atoms with E-state index in [1.807, 2.05) is 7.05 Å². The number of hydrogen-bond acceptors (Lipinski definition) is 4. The Morgan fingerprint density at radius 3 is 2.29 bits per heavy atom. The van der Waals surface area contributed by atoms with E-state index in [0.717, 1.165) is 25.2 Å². The van der Waals surface area contributed by atoms with Gasteiger partial charge in [0, 0.05) is 22.1 Å². The summed E-state index contributed by atoms with van der Waals surface area (Å²) >= 11 is 5.83. The number of amides is 2. The lowest BCUT2D eigenvalue weighted by Gasteiger charge is -2.70. The zero-order chi connectivity index (χ0) is 19.9. The molecular weight excluding hydrogens is 378 g/mol. The summed E-state index contributed by atoms with van der Waals surface area (Å²) in [7, 11) is 2.02. The van der Waals surface area contributed by atoms with Crippen LogP contribution in [-0.2, 0) is 9.59 Å². The molecule has 5 rings (SSSR count). The largest absolute Gasteiger partial charge is 0.484 e. The van der Waals surface area contributed by atoms with Crippen molar-refractivity contribution in [2.24, 2.45) is 5.92 Å². The van der Waals surface area contributed by atoms with Crippen LogP contribution >= 0.6 is 11.6 Å². The molecule has 1 aromatic rings. The van der Waals surface area contributed by atoms with Crippen molar-refractivity contribution in [2.75, 3.05) is 20.2 Å². The van der Waals surface area contributed by atoms with E-state index in [0.29, 0.717) is 23.4 Å². The highest BCUT2D eigenvalue weighted by atomic mass is 35.5. The van der Waals surface area contributed by atoms with Gasteiger partial charge in [0.25, 0.3) is 5.91 Å². The van der Waals surface area contributed by atoms with E-state index in [1.54, 1.807) is 24.3 Å². The van der Waals surface area contributed by atoms with Crippen LogP contribution in [0.4, 0.5) is 0 Å². The summed E-state index contributed by atoms with van der Waals surface area (Å²) in [5.74, 6) is 1.32. The fourth-order valence-electron chi connectivity index (χ4n) is 4.71. The lowest BCUT2D eigenvalue weighted by molar-refractivity contribution is -0.151. The van der Waals surface area contributed by atoms with Crippen LogP contribution in [-0.4, -0.2) is 54.0 Å². The summed E-state index contributed by atoms with van der Waals surface area (Å²) in [6.07, 6.45) is 4.98. The molecular formula is C21H28ClN3O3. The molecule has 4 saturated carbocycles. The van der Waals surface area contributed by atoms with E-state index in [4.69, 9.17) is 16.3 Å². The molecule has 152 valence electrons. The molecule has 0 aromatic heterocycles. The molecule has 1 aromatic carbocycles. The first kappa shape index (κ1) is 19.5. The molecule has 2 bridgehead atoms. The number of ether oxygens (including phenoxy) is 1. The molecule has 0 radical (unpaired) electrons. The first-order valence-electron chi connectivity index (χ1n) is 9.99. The van der Waals surface area contributed by atoms with E-state index >= 15 is 0 Å². The van der Waals surface area contributed by atoms with Gasteiger partial charge >= 0.3 is 0 Å². The van der Waals surface area contributed by atoms with Crippen molar-refractivity contribution in [3.63, 3.8) is 0 Å². The van der Waals surface area contributed by atoms with Gasteiger partial charge in [-0.1, -0.05) is 11.6 Å². The van der Waals surface area contributed by atoms with Crippen LogP contribution in [0.1, 0.15) is 39.0 Å². The number of hydrogen-bond donors (Lipinski definition) is 2. The second kappa shape index (κ2) is 7.23. The van der Waals surface area contributed by atoms with Crippen molar-refractivity contribution in [2.45, 2.75) is 56.1 Å². The number of benzene rings is 1. The second-order valence-corrected chi connectivity index (χ2v) is 9.36. The monoisotopic (exact) mass is 405 g/mol. The number of nitrogens with one attached hydrogen (secondary N) is 2. The van der Waals surface area contributed by atoms with Gasteiger partial charge in [-0.3, -0.25) is 14.5 Å². The summed E-state index contributed by atoms with van der Waals surface area (Å²) in [4.78, 5) is 26.7. The number of carbonyl (C=O) groups excluding carboxylic acids is 2. The van der Waals surface area contributed by atoms with Crippen molar-refractivity contribution in [3.8, 4) is 5.75 Å². The summed E-state index contributed by atoms with van der Waals surface area (Å²) in [5, 5.41) is 6.89. The standard InChI is InChI=1S/C21H28ClN3O3/c1-14(15-3-4-15)25(2)9-18(26)23-20-11-21(12-20,13-20)24-19(27)10-28-17-7-5-16(22)6-8-17/h5-8,14-15H,3-4,9-13H2,1-2H3,(H,23,26)(H,24,27)/t14-,20?,21?/m1/s1. The molecule has 7 heteroatoms. The van der Waals surface area contributed by atoms with Crippen molar-refractivity contribution in [3.05, 3.63) is 29.3 Å². The molecule has 28 heavy (non-hydrogen) atoms. The van der Waals surface area contributed by atoms with E-state index in [1.165, 1.54) is 12.8 Å². The van der Waals surface area contributed by atoms with Crippen LogP contribution in [0.2, 0.25) is 5.02 Å². The summed E-state index contributed by atoms with van der Waals surface area (Å²) in [6.45, 7) is 2.61. The van der Waals surface area contributed by atoms with E-state index in [-0.39, 0.29) is 29.5 Å². The zero-order valence-corrected chi connectivity index (χ0v) is 17.2. The van der Waals surface area contributed by atoms with Gasteiger partial charge in [0.2, 0.25) is 5.91 Å². The molecule has 0 saturated heterocycles. The minimum absolute atomic E-state index is 0.0212. The Morgan fingerprint density at radius 1 is 1.14 bits per heavy atom. The van der Waals surface area contributed by atoms with Crippen LogP contribution in [0.3, 0.4) is 0 Å². The maximum absolute atomic E-state index is 12.4.